The maximum absolute atomic E-state index is 13.0. The van der Waals surface area contributed by atoms with Crippen LogP contribution in [0.4, 0.5) is 0 Å². The molecular formula is C18H14Cl2N2O2. The fourth-order valence-corrected chi connectivity index (χ4v) is 3.00. The van der Waals surface area contributed by atoms with E-state index in [1.165, 1.54) is 0 Å². The van der Waals surface area contributed by atoms with Crippen LogP contribution in [0.15, 0.2) is 48.7 Å². The highest BCUT2D eigenvalue weighted by Gasteiger charge is 2.20. The van der Waals surface area contributed by atoms with E-state index in [-0.39, 0.29) is 12.4 Å². The predicted molar refractivity (Wildman–Crippen MR) is 94.1 cm³/mol. The highest BCUT2D eigenvalue weighted by molar-refractivity contribution is 6.35. The number of imidazole rings is 1. The Labute approximate surface area is 149 Å². The molecule has 0 saturated carbocycles. The molecule has 3 aromatic rings. The molecule has 2 aromatic carbocycles. The number of carbonyl (C=O) groups excluding carboxylic acids is 1. The Kier molecular flexibility index (Phi) is 4.71. The van der Waals surface area contributed by atoms with Crippen LogP contribution in [0.2, 0.25) is 10.0 Å². The Morgan fingerprint density at radius 1 is 1.17 bits per heavy atom. The zero-order chi connectivity index (χ0) is 17.3. The minimum absolute atomic E-state index is 0.240. The van der Waals surface area contributed by atoms with Crippen molar-refractivity contribution in [3.05, 3.63) is 81.4 Å². The molecule has 122 valence electrons. The maximum atomic E-state index is 13.0. The van der Waals surface area contributed by atoms with Crippen LogP contribution in [0.1, 0.15) is 27.4 Å². The van der Waals surface area contributed by atoms with Crippen LogP contribution in [0.25, 0.3) is 5.69 Å². The molecule has 3 rings (SSSR count). The summed E-state index contributed by atoms with van der Waals surface area (Å²) < 4.78 is 1.74. The molecule has 0 aliphatic rings. The Morgan fingerprint density at radius 2 is 1.92 bits per heavy atom. The van der Waals surface area contributed by atoms with Gasteiger partial charge >= 0.3 is 0 Å². The van der Waals surface area contributed by atoms with Gasteiger partial charge in [0.1, 0.15) is 12.4 Å². The van der Waals surface area contributed by atoms with Crippen molar-refractivity contribution in [3.63, 3.8) is 0 Å². The van der Waals surface area contributed by atoms with Crippen LogP contribution < -0.4 is 0 Å². The summed E-state index contributed by atoms with van der Waals surface area (Å²) in [5.74, 6) is 0.207. The summed E-state index contributed by atoms with van der Waals surface area (Å²) in [6.07, 6.45) is 1.64. The number of aliphatic hydroxyl groups excluding tert-OH is 1. The van der Waals surface area contributed by atoms with Gasteiger partial charge in [-0.25, -0.2) is 4.98 Å². The number of ketones is 1. The van der Waals surface area contributed by atoms with Gasteiger partial charge in [0.15, 0.2) is 5.78 Å². The number of hydrogen-bond donors (Lipinski definition) is 1. The molecule has 0 saturated heterocycles. The molecule has 0 aliphatic heterocycles. The zero-order valence-electron chi connectivity index (χ0n) is 12.8. The van der Waals surface area contributed by atoms with Gasteiger partial charge in [-0.2, -0.15) is 0 Å². The SMILES string of the molecule is Cc1cnc(CO)n1-c1ccc(Cl)cc1C(=O)c1ccccc1Cl. The zero-order valence-corrected chi connectivity index (χ0v) is 14.3. The minimum atomic E-state index is -0.241. The third-order valence-corrected chi connectivity index (χ3v) is 4.28. The van der Waals surface area contributed by atoms with E-state index in [0.717, 1.165) is 5.69 Å². The van der Waals surface area contributed by atoms with Crippen molar-refractivity contribution in [3.8, 4) is 5.69 Å². The monoisotopic (exact) mass is 360 g/mol. The van der Waals surface area contributed by atoms with Crippen molar-refractivity contribution in [1.82, 2.24) is 9.55 Å². The Morgan fingerprint density at radius 3 is 2.62 bits per heavy atom. The van der Waals surface area contributed by atoms with Crippen molar-refractivity contribution in [1.29, 1.82) is 0 Å². The van der Waals surface area contributed by atoms with E-state index >= 15 is 0 Å². The molecule has 0 aliphatic carbocycles. The number of aryl methyl sites for hydroxylation is 1. The van der Waals surface area contributed by atoms with Crippen molar-refractivity contribution in [2.45, 2.75) is 13.5 Å². The third kappa shape index (κ3) is 2.96. The van der Waals surface area contributed by atoms with E-state index in [4.69, 9.17) is 23.2 Å². The standard InChI is InChI=1S/C18H14Cl2N2O2/c1-11-9-21-17(10-23)22(11)16-7-6-12(19)8-14(16)18(24)13-4-2-3-5-15(13)20/h2-9,23H,10H2,1H3. The van der Waals surface area contributed by atoms with Crippen molar-refractivity contribution in [2.24, 2.45) is 0 Å². The van der Waals surface area contributed by atoms with Gasteiger partial charge < -0.3 is 5.11 Å². The van der Waals surface area contributed by atoms with Gasteiger partial charge in [-0.05, 0) is 37.3 Å². The lowest BCUT2D eigenvalue weighted by atomic mass is 10.0. The molecule has 0 spiro atoms. The molecule has 24 heavy (non-hydrogen) atoms. The van der Waals surface area contributed by atoms with Crippen LogP contribution in [-0.4, -0.2) is 20.4 Å². The molecule has 0 atom stereocenters. The lowest BCUT2D eigenvalue weighted by Gasteiger charge is -2.14. The lowest BCUT2D eigenvalue weighted by molar-refractivity contribution is 0.103. The number of nitrogens with zero attached hydrogens (tertiary/aromatic N) is 2. The number of hydrogen-bond acceptors (Lipinski definition) is 3. The Bertz CT molecular complexity index is 919. The number of rotatable bonds is 4. The van der Waals surface area contributed by atoms with Crippen molar-refractivity contribution >= 4 is 29.0 Å². The molecule has 1 aromatic heterocycles. The van der Waals surface area contributed by atoms with E-state index in [9.17, 15) is 9.90 Å². The molecule has 1 heterocycles. The van der Waals surface area contributed by atoms with Crippen molar-refractivity contribution < 1.29 is 9.90 Å². The second-order valence-corrected chi connectivity index (χ2v) is 6.12. The van der Waals surface area contributed by atoms with Crippen LogP contribution >= 0.6 is 23.2 Å². The summed E-state index contributed by atoms with van der Waals surface area (Å²) in [5, 5.41) is 10.3. The summed E-state index contributed by atoms with van der Waals surface area (Å²) >= 11 is 12.3. The van der Waals surface area contributed by atoms with E-state index in [2.05, 4.69) is 4.98 Å². The second-order valence-electron chi connectivity index (χ2n) is 5.28. The summed E-state index contributed by atoms with van der Waals surface area (Å²) in [6, 6.07) is 11.9. The highest BCUT2D eigenvalue weighted by atomic mass is 35.5. The summed E-state index contributed by atoms with van der Waals surface area (Å²) in [5.41, 5.74) is 2.19. The molecule has 0 radical (unpaired) electrons. The number of halogens is 2. The highest BCUT2D eigenvalue weighted by Crippen LogP contribution is 2.27. The fraction of sp³-hybridized carbons (Fsp3) is 0.111. The topological polar surface area (TPSA) is 55.1 Å². The van der Waals surface area contributed by atoms with E-state index in [0.29, 0.717) is 32.7 Å². The Hall–Kier alpha value is -2.14. The number of aliphatic hydroxyl groups is 1. The second kappa shape index (κ2) is 6.77. The first-order valence-electron chi connectivity index (χ1n) is 7.26. The Balaban J connectivity index is 2.22. The summed E-state index contributed by atoms with van der Waals surface area (Å²) in [4.78, 5) is 17.2. The van der Waals surface area contributed by atoms with Crippen LogP contribution in [-0.2, 0) is 6.61 Å². The van der Waals surface area contributed by atoms with Gasteiger partial charge in [-0.15, -0.1) is 0 Å². The van der Waals surface area contributed by atoms with E-state index in [1.807, 2.05) is 6.92 Å². The molecule has 6 heteroatoms. The molecule has 1 N–H and O–H groups in total. The first-order chi connectivity index (χ1) is 11.5. The van der Waals surface area contributed by atoms with Gasteiger partial charge in [0, 0.05) is 28.0 Å². The van der Waals surface area contributed by atoms with Crippen molar-refractivity contribution in [2.75, 3.05) is 0 Å². The molecule has 4 nitrogen and oxygen atoms in total. The number of aromatic nitrogens is 2. The largest absolute Gasteiger partial charge is 0.388 e. The minimum Gasteiger partial charge on any atom is -0.388 e. The summed E-state index contributed by atoms with van der Waals surface area (Å²) in [7, 11) is 0. The quantitative estimate of drug-likeness (QED) is 0.709. The van der Waals surface area contributed by atoms with Crippen LogP contribution in [0, 0.1) is 6.92 Å². The van der Waals surface area contributed by atoms with Gasteiger partial charge in [-0.3, -0.25) is 9.36 Å². The molecule has 0 bridgehead atoms. The van der Waals surface area contributed by atoms with E-state index < -0.39 is 0 Å². The van der Waals surface area contributed by atoms with Gasteiger partial charge in [0.05, 0.1) is 10.7 Å². The van der Waals surface area contributed by atoms with Crippen LogP contribution in [0.5, 0.6) is 0 Å². The number of carbonyl (C=O) groups is 1. The van der Waals surface area contributed by atoms with Gasteiger partial charge in [-0.1, -0.05) is 35.3 Å². The summed E-state index contributed by atoms with van der Waals surface area (Å²) in [6.45, 7) is 1.61. The van der Waals surface area contributed by atoms with Crippen LogP contribution in [0.3, 0.4) is 0 Å². The normalized spacial score (nSPS) is 10.8. The number of benzene rings is 2. The first-order valence-corrected chi connectivity index (χ1v) is 8.01. The third-order valence-electron chi connectivity index (χ3n) is 3.72. The molecule has 0 fully saturated rings. The molecule has 0 unspecified atom stereocenters. The lowest BCUT2D eigenvalue weighted by Crippen LogP contribution is -2.11. The van der Waals surface area contributed by atoms with Gasteiger partial charge in [0.2, 0.25) is 0 Å². The first kappa shape index (κ1) is 16.7. The molecular weight excluding hydrogens is 347 g/mol. The maximum Gasteiger partial charge on any atom is 0.196 e. The average Bonchev–Trinajstić information content (AvgIpc) is 2.95. The average molecular weight is 361 g/mol. The fourth-order valence-electron chi connectivity index (χ4n) is 2.60. The predicted octanol–water partition coefficient (Wildman–Crippen LogP) is 4.21. The van der Waals surface area contributed by atoms with E-state index in [1.54, 1.807) is 53.2 Å². The molecule has 0 amide bonds. The van der Waals surface area contributed by atoms with Gasteiger partial charge in [0.25, 0.3) is 0 Å². The smallest absolute Gasteiger partial charge is 0.196 e.